The van der Waals surface area contributed by atoms with Crippen molar-refractivity contribution in [1.82, 2.24) is 14.7 Å². The van der Waals surface area contributed by atoms with Gasteiger partial charge in [0.1, 0.15) is 6.10 Å². The molecule has 26 heavy (non-hydrogen) atoms. The van der Waals surface area contributed by atoms with Crippen LogP contribution in [0.15, 0.2) is 0 Å². The highest BCUT2D eigenvalue weighted by atomic mass is 28.4. The Balaban J connectivity index is 1.42. The van der Waals surface area contributed by atoms with Crippen LogP contribution in [0.4, 0.5) is 9.59 Å². The SMILES string of the molecule is C[Si](C)(C)OC(C#N)C12CC(N3C[C@@H]4CN(C(=O)O)CCN4C3=O)(C1)C2. The van der Waals surface area contributed by atoms with E-state index in [0.29, 0.717) is 26.2 Å². The van der Waals surface area contributed by atoms with E-state index in [4.69, 9.17) is 4.43 Å². The number of amides is 3. The van der Waals surface area contributed by atoms with E-state index in [9.17, 15) is 20.0 Å². The monoisotopic (exact) mass is 378 g/mol. The van der Waals surface area contributed by atoms with Crippen molar-refractivity contribution < 1.29 is 19.1 Å². The molecular formula is C17H26N4O4Si. The molecule has 0 radical (unpaired) electrons. The van der Waals surface area contributed by atoms with Crippen LogP contribution in [0.1, 0.15) is 19.3 Å². The maximum atomic E-state index is 12.8. The Bertz CT molecular complexity index is 680. The molecule has 2 atom stereocenters. The van der Waals surface area contributed by atoms with Gasteiger partial charge in [0.15, 0.2) is 8.32 Å². The zero-order chi connectivity index (χ0) is 18.9. The van der Waals surface area contributed by atoms with Gasteiger partial charge >= 0.3 is 12.1 Å². The summed E-state index contributed by atoms with van der Waals surface area (Å²) >= 11 is 0. The molecule has 2 bridgehead atoms. The number of carbonyl (C=O) groups excluding carboxylic acids is 1. The van der Waals surface area contributed by atoms with Crippen molar-refractivity contribution in [3.8, 4) is 6.07 Å². The molecule has 142 valence electrons. The van der Waals surface area contributed by atoms with Crippen molar-refractivity contribution in [2.75, 3.05) is 26.2 Å². The molecule has 8 nitrogen and oxygen atoms in total. The lowest BCUT2D eigenvalue weighted by atomic mass is 9.37. The maximum absolute atomic E-state index is 12.8. The minimum absolute atomic E-state index is 0.0351. The molecule has 1 unspecified atom stereocenters. The Morgan fingerprint density at radius 1 is 1.31 bits per heavy atom. The topological polar surface area (TPSA) is 97.1 Å². The van der Waals surface area contributed by atoms with Gasteiger partial charge in [-0.25, -0.2) is 9.59 Å². The van der Waals surface area contributed by atoms with E-state index in [0.717, 1.165) is 19.3 Å². The molecule has 2 aliphatic heterocycles. The third-order valence-corrected chi connectivity index (χ3v) is 7.33. The molecule has 5 aliphatic rings. The van der Waals surface area contributed by atoms with E-state index in [1.165, 1.54) is 4.90 Å². The average molecular weight is 379 g/mol. The third kappa shape index (κ3) is 2.42. The molecule has 0 aromatic heterocycles. The minimum atomic E-state index is -1.79. The number of urea groups is 1. The maximum Gasteiger partial charge on any atom is 0.407 e. The van der Waals surface area contributed by atoms with Gasteiger partial charge in [-0.1, -0.05) is 0 Å². The standard InChI is InChI=1S/C17H26N4O4Si/c1-26(2,3)25-13(6-18)16-9-17(10-16,11-16)21-8-12-7-19(15(23)24)4-5-20(12)14(21)22/h12-13H,4-5,7-11H2,1-3H3,(H,23,24)/t12-,13?,16?,17?/m0/s1. The van der Waals surface area contributed by atoms with Crippen LogP contribution in [0.25, 0.3) is 0 Å². The number of hydrogen-bond donors (Lipinski definition) is 1. The van der Waals surface area contributed by atoms with Gasteiger partial charge in [0.05, 0.1) is 12.1 Å². The van der Waals surface area contributed by atoms with E-state index in [1.54, 1.807) is 0 Å². The number of rotatable bonds is 4. The fourth-order valence-electron chi connectivity index (χ4n) is 5.29. The average Bonchev–Trinajstić information content (AvgIpc) is 2.79. The van der Waals surface area contributed by atoms with Crippen molar-refractivity contribution in [2.45, 2.75) is 56.6 Å². The molecule has 5 rings (SSSR count). The van der Waals surface area contributed by atoms with E-state index in [-0.39, 0.29) is 29.1 Å². The molecule has 3 amide bonds. The van der Waals surface area contributed by atoms with Crippen molar-refractivity contribution in [3.63, 3.8) is 0 Å². The molecule has 2 heterocycles. The number of carboxylic acid groups (broad SMARTS) is 1. The zero-order valence-electron chi connectivity index (χ0n) is 15.6. The second kappa shape index (κ2) is 5.36. The summed E-state index contributed by atoms with van der Waals surface area (Å²) in [7, 11) is -1.79. The van der Waals surface area contributed by atoms with Gasteiger partial charge < -0.3 is 24.2 Å². The van der Waals surface area contributed by atoms with Crippen LogP contribution < -0.4 is 0 Å². The highest BCUT2D eigenvalue weighted by Crippen LogP contribution is 2.72. The predicted octanol–water partition coefficient (Wildman–Crippen LogP) is 1.75. The van der Waals surface area contributed by atoms with Crippen molar-refractivity contribution >= 4 is 20.4 Å². The summed E-state index contributed by atoms with van der Waals surface area (Å²) in [5.74, 6) is 0. The summed E-state index contributed by atoms with van der Waals surface area (Å²) in [5, 5.41) is 18.8. The Hall–Kier alpha value is -1.79. The van der Waals surface area contributed by atoms with Gasteiger partial charge in [0, 0.05) is 37.1 Å². The van der Waals surface area contributed by atoms with Crippen molar-refractivity contribution in [1.29, 1.82) is 5.26 Å². The second-order valence-electron chi connectivity index (χ2n) is 9.33. The molecule has 0 spiro atoms. The first kappa shape index (κ1) is 17.6. The van der Waals surface area contributed by atoms with Gasteiger partial charge in [-0.2, -0.15) is 5.26 Å². The molecule has 3 aliphatic carbocycles. The van der Waals surface area contributed by atoms with Gasteiger partial charge in [0.2, 0.25) is 0 Å². The molecular weight excluding hydrogens is 352 g/mol. The van der Waals surface area contributed by atoms with Crippen LogP contribution in [-0.4, -0.2) is 84.1 Å². The van der Waals surface area contributed by atoms with Crippen molar-refractivity contribution in [2.24, 2.45) is 5.41 Å². The van der Waals surface area contributed by atoms with Crippen LogP contribution in [0.5, 0.6) is 0 Å². The predicted molar refractivity (Wildman–Crippen MR) is 95.0 cm³/mol. The fourth-order valence-corrected chi connectivity index (χ4v) is 6.30. The lowest BCUT2D eigenvalue weighted by Gasteiger charge is -2.74. The van der Waals surface area contributed by atoms with E-state index in [2.05, 4.69) is 25.7 Å². The lowest BCUT2D eigenvalue weighted by Crippen LogP contribution is -2.78. The highest BCUT2D eigenvalue weighted by molar-refractivity contribution is 6.69. The Kier molecular flexibility index (Phi) is 3.63. The summed E-state index contributed by atoms with van der Waals surface area (Å²) < 4.78 is 6.09. The second-order valence-corrected chi connectivity index (χ2v) is 13.8. The lowest BCUT2D eigenvalue weighted by molar-refractivity contribution is -0.231. The van der Waals surface area contributed by atoms with Crippen LogP contribution in [0.3, 0.4) is 0 Å². The number of hydrogen-bond acceptors (Lipinski definition) is 4. The Morgan fingerprint density at radius 2 is 1.96 bits per heavy atom. The van der Waals surface area contributed by atoms with E-state index >= 15 is 0 Å². The smallest absolute Gasteiger partial charge is 0.407 e. The molecule has 3 saturated carbocycles. The largest absolute Gasteiger partial charge is 0.465 e. The van der Waals surface area contributed by atoms with Crippen LogP contribution in [0, 0.1) is 16.7 Å². The molecule has 5 fully saturated rings. The number of piperazine rings is 1. The van der Waals surface area contributed by atoms with Crippen molar-refractivity contribution in [3.05, 3.63) is 0 Å². The Morgan fingerprint density at radius 3 is 2.50 bits per heavy atom. The first-order chi connectivity index (χ1) is 12.1. The molecule has 0 aromatic carbocycles. The number of carbonyl (C=O) groups is 2. The minimum Gasteiger partial charge on any atom is -0.465 e. The van der Waals surface area contributed by atoms with Gasteiger partial charge in [-0.05, 0) is 38.9 Å². The highest BCUT2D eigenvalue weighted by Gasteiger charge is 2.75. The normalized spacial score (nSPS) is 36.8. The van der Waals surface area contributed by atoms with Gasteiger partial charge in [-0.15, -0.1) is 0 Å². The quantitative estimate of drug-likeness (QED) is 0.752. The van der Waals surface area contributed by atoms with E-state index < -0.39 is 14.4 Å². The number of nitrogens with zero attached hydrogens (tertiary/aromatic N) is 4. The first-order valence-electron chi connectivity index (χ1n) is 9.23. The van der Waals surface area contributed by atoms with Crippen LogP contribution >= 0.6 is 0 Å². The summed E-state index contributed by atoms with van der Waals surface area (Å²) in [6.45, 7) is 8.09. The summed E-state index contributed by atoms with van der Waals surface area (Å²) in [4.78, 5) is 29.2. The number of fused-ring (bicyclic) bond motifs is 1. The molecule has 9 heteroatoms. The summed E-state index contributed by atoms with van der Waals surface area (Å²) in [6, 6.07) is 2.33. The van der Waals surface area contributed by atoms with Crippen LogP contribution in [-0.2, 0) is 4.43 Å². The summed E-state index contributed by atoms with van der Waals surface area (Å²) in [6.07, 6.45) is 1.20. The Labute approximate surface area is 154 Å². The van der Waals surface area contributed by atoms with Gasteiger partial charge in [0.25, 0.3) is 0 Å². The van der Waals surface area contributed by atoms with Crippen LogP contribution in [0.2, 0.25) is 19.6 Å². The molecule has 0 aromatic rings. The first-order valence-corrected chi connectivity index (χ1v) is 12.6. The third-order valence-electron chi connectivity index (χ3n) is 6.38. The summed E-state index contributed by atoms with van der Waals surface area (Å²) in [5.41, 5.74) is -0.230. The molecule has 1 N–H and O–H groups in total. The molecule has 2 saturated heterocycles. The fraction of sp³-hybridized carbons (Fsp3) is 0.824. The van der Waals surface area contributed by atoms with E-state index in [1.807, 2.05) is 9.80 Å². The number of nitriles is 1. The van der Waals surface area contributed by atoms with Gasteiger partial charge in [-0.3, -0.25) is 0 Å². The zero-order valence-corrected chi connectivity index (χ0v) is 16.6.